The Hall–Kier alpha value is -0.470. The first-order valence-corrected chi connectivity index (χ1v) is 5.84. The Morgan fingerprint density at radius 3 is 2.86 bits per heavy atom. The molecule has 0 fully saturated rings. The van der Waals surface area contributed by atoms with Gasteiger partial charge in [-0.1, -0.05) is 0 Å². The fourth-order valence-corrected chi connectivity index (χ4v) is 2.59. The highest BCUT2D eigenvalue weighted by molar-refractivity contribution is 14.1. The lowest BCUT2D eigenvalue weighted by Gasteiger charge is -2.02. The van der Waals surface area contributed by atoms with Crippen LogP contribution < -0.4 is 0 Å². The van der Waals surface area contributed by atoms with Crippen molar-refractivity contribution in [3.05, 3.63) is 32.0 Å². The number of hydrogen-bond acceptors (Lipinski definition) is 4. The van der Waals surface area contributed by atoms with Gasteiger partial charge in [0.15, 0.2) is 0 Å². The van der Waals surface area contributed by atoms with Gasteiger partial charge in [0, 0.05) is 18.8 Å². The van der Waals surface area contributed by atoms with Crippen LogP contribution >= 0.6 is 33.9 Å². The van der Waals surface area contributed by atoms with E-state index >= 15 is 0 Å². The molecule has 14 heavy (non-hydrogen) atoms. The van der Waals surface area contributed by atoms with Crippen molar-refractivity contribution in [1.29, 1.82) is 0 Å². The number of hydrogen-bond donors (Lipinski definition) is 1. The highest BCUT2D eigenvalue weighted by atomic mass is 127. The molecule has 4 nitrogen and oxygen atoms in total. The smallest absolute Gasteiger partial charge is 0.134 e. The summed E-state index contributed by atoms with van der Waals surface area (Å²) in [6.07, 6.45) is 4.54. The van der Waals surface area contributed by atoms with Crippen LogP contribution in [0.3, 0.4) is 0 Å². The zero-order valence-electron chi connectivity index (χ0n) is 7.38. The highest BCUT2D eigenvalue weighted by Gasteiger charge is 2.15. The van der Waals surface area contributed by atoms with Gasteiger partial charge in [0.25, 0.3) is 0 Å². The largest absolute Gasteiger partial charge is 0.381 e. The van der Waals surface area contributed by atoms with Crippen LogP contribution in [-0.4, -0.2) is 19.9 Å². The predicted molar refractivity (Wildman–Crippen MR) is 62.1 cm³/mol. The van der Waals surface area contributed by atoms with E-state index in [1.807, 2.05) is 7.05 Å². The molecule has 0 radical (unpaired) electrons. The highest BCUT2D eigenvalue weighted by Crippen LogP contribution is 2.26. The van der Waals surface area contributed by atoms with E-state index in [0.717, 1.165) is 8.45 Å². The molecule has 0 aliphatic rings. The number of aliphatic hydroxyl groups excluding tert-OH is 1. The Morgan fingerprint density at radius 2 is 2.36 bits per heavy atom. The van der Waals surface area contributed by atoms with Crippen LogP contribution in [0.2, 0.25) is 0 Å². The van der Waals surface area contributed by atoms with Crippen LogP contribution in [0.15, 0.2) is 18.6 Å². The second kappa shape index (κ2) is 3.95. The van der Waals surface area contributed by atoms with Crippen LogP contribution in [0.25, 0.3) is 0 Å². The van der Waals surface area contributed by atoms with Gasteiger partial charge in [-0.2, -0.15) is 5.10 Å². The molecule has 0 saturated heterocycles. The minimum atomic E-state index is -0.655. The summed E-state index contributed by atoms with van der Waals surface area (Å²) in [7, 11) is 1.82. The van der Waals surface area contributed by atoms with Crippen LogP contribution in [0, 0.1) is 2.88 Å². The molecule has 0 saturated carbocycles. The molecule has 0 amide bonds. The third kappa shape index (κ3) is 1.96. The molecule has 0 bridgehead atoms. The first-order valence-electron chi connectivity index (χ1n) is 3.94. The average molecular weight is 321 g/mol. The summed E-state index contributed by atoms with van der Waals surface area (Å²) >= 11 is 3.67. The van der Waals surface area contributed by atoms with Crippen molar-refractivity contribution in [2.75, 3.05) is 0 Å². The first kappa shape index (κ1) is 10.1. The molecule has 1 unspecified atom stereocenters. The Kier molecular flexibility index (Phi) is 2.84. The molecule has 6 heteroatoms. The molecule has 1 atom stereocenters. The molecular formula is C8H8IN3OS. The lowest BCUT2D eigenvalue weighted by atomic mass is 10.2. The number of halogens is 1. The fourth-order valence-electron chi connectivity index (χ4n) is 1.12. The van der Waals surface area contributed by atoms with Gasteiger partial charge in [-0.15, -0.1) is 11.3 Å². The van der Waals surface area contributed by atoms with Gasteiger partial charge in [-0.3, -0.25) is 4.68 Å². The van der Waals surface area contributed by atoms with Gasteiger partial charge in [-0.25, -0.2) is 4.98 Å². The molecule has 0 aromatic carbocycles. The lowest BCUT2D eigenvalue weighted by molar-refractivity contribution is 0.219. The third-order valence-corrected chi connectivity index (χ3v) is 3.55. The minimum Gasteiger partial charge on any atom is -0.381 e. The lowest BCUT2D eigenvalue weighted by Crippen LogP contribution is -1.96. The molecule has 2 rings (SSSR count). The molecule has 2 aromatic heterocycles. The second-order valence-electron chi connectivity index (χ2n) is 2.85. The van der Waals surface area contributed by atoms with Gasteiger partial charge in [0.05, 0.1) is 15.3 Å². The van der Waals surface area contributed by atoms with Crippen molar-refractivity contribution in [3.8, 4) is 0 Å². The van der Waals surface area contributed by atoms with Crippen LogP contribution in [0.4, 0.5) is 0 Å². The van der Waals surface area contributed by atoms with Crippen LogP contribution in [0.1, 0.15) is 16.7 Å². The quantitative estimate of drug-likeness (QED) is 0.854. The number of thiazole rings is 1. The van der Waals surface area contributed by atoms with Crippen LogP contribution in [0.5, 0.6) is 0 Å². The maximum atomic E-state index is 9.91. The molecule has 2 aromatic rings. The number of aliphatic hydroxyl groups is 1. The fraction of sp³-hybridized carbons (Fsp3) is 0.250. The van der Waals surface area contributed by atoms with Gasteiger partial charge in [0.2, 0.25) is 0 Å². The molecular weight excluding hydrogens is 313 g/mol. The summed E-state index contributed by atoms with van der Waals surface area (Å²) in [5.74, 6) is 0. The number of aryl methyl sites for hydroxylation is 1. The van der Waals surface area contributed by atoms with E-state index < -0.39 is 6.10 Å². The van der Waals surface area contributed by atoms with Gasteiger partial charge in [0.1, 0.15) is 11.1 Å². The molecule has 2 heterocycles. The summed E-state index contributed by atoms with van der Waals surface area (Å²) in [5, 5.41) is 14.6. The Morgan fingerprint density at radius 1 is 1.57 bits per heavy atom. The van der Waals surface area contributed by atoms with E-state index in [9.17, 15) is 5.11 Å². The van der Waals surface area contributed by atoms with Crippen molar-refractivity contribution in [2.45, 2.75) is 6.10 Å². The van der Waals surface area contributed by atoms with E-state index in [4.69, 9.17) is 0 Å². The average Bonchev–Trinajstić information content (AvgIpc) is 2.73. The van der Waals surface area contributed by atoms with E-state index in [0.29, 0.717) is 5.01 Å². The minimum absolute atomic E-state index is 0.655. The predicted octanol–water partition coefficient (Wildman–Crippen LogP) is 1.56. The number of aromatic nitrogens is 3. The van der Waals surface area contributed by atoms with E-state index in [-0.39, 0.29) is 0 Å². The SMILES string of the molecule is Cn1cc(C(O)c2ncc(I)s2)cn1. The molecule has 74 valence electrons. The molecule has 0 aliphatic heterocycles. The van der Waals surface area contributed by atoms with Crippen LogP contribution in [-0.2, 0) is 7.05 Å². The topological polar surface area (TPSA) is 50.9 Å². The van der Waals surface area contributed by atoms with Crippen molar-refractivity contribution < 1.29 is 5.11 Å². The molecule has 0 spiro atoms. The Labute approximate surface area is 98.7 Å². The third-order valence-electron chi connectivity index (χ3n) is 1.77. The maximum absolute atomic E-state index is 9.91. The second-order valence-corrected chi connectivity index (χ2v) is 5.81. The maximum Gasteiger partial charge on any atom is 0.134 e. The van der Waals surface area contributed by atoms with Gasteiger partial charge < -0.3 is 5.11 Å². The Balaban J connectivity index is 2.28. The number of nitrogens with zero attached hydrogens (tertiary/aromatic N) is 3. The summed E-state index contributed by atoms with van der Waals surface area (Å²) in [6, 6.07) is 0. The van der Waals surface area contributed by atoms with Crippen molar-refractivity contribution in [3.63, 3.8) is 0 Å². The van der Waals surface area contributed by atoms with E-state index in [2.05, 4.69) is 32.7 Å². The summed E-state index contributed by atoms with van der Waals surface area (Å²) in [5.41, 5.74) is 0.776. The van der Waals surface area contributed by atoms with Gasteiger partial charge in [-0.05, 0) is 22.6 Å². The molecule has 0 aliphatic carbocycles. The van der Waals surface area contributed by atoms with Crippen molar-refractivity contribution in [2.24, 2.45) is 7.05 Å². The first-order chi connectivity index (χ1) is 6.66. The summed E-state index contributed by atoms with van der Waals surface area (Å²) in [4.78, 5) is 4.13. The Bertz CT molecular complexity index is 399. The van der Waals surface area contributed by atoms with E-state index in [1.54, 1.807) is 23.3 Å². The van der Waals surface area contributed by atoms with Crippen molar-refractivity contribution >= 4 is 33.9 Å². The van der Waals surface area contributed by atoms with Crippen molar-refractivity contribution in [1.82, 2.24) is 14.8 Å². The molecule has 1 N–H and O–H groups in total. The number of rotatable bonds is 2. The zero-order valence-corrected chi connectivity index (χ0v) is 10.4. The zero-order chi connectivity index (χ0) is 10.1. The van der Waals surface area contributed by atoms with E-state index in [1.165, 1.54) is 11.3 Å². The summed E-state index contributed by atoms with van der Waals surface area (Å²) in [6.45, 7) is 0. The monoisotopic (exact) mass is 321 g/mol. The standard InChI is InChI=1S/C8H8IN3OS/c1-12-4-5(2-11-12)7(13)8-10-3-6(9)14-8/h2-4,7,13H,1H3. The normalized spacial score (nSPS) is 13.1. The van der Waals surface area contributed by atoms with Gasteiger partial charge >= 0.3 is 0 Å². The summed E-state index contributed by atoms with van der Waals surface area (Å²) < 4.78 is 2.73.